The minimum Gasteiger partial charge on any atom is -0.497 e. The molecule has 0 spiro atoms. The first-order valence-corrected chi connectivity index (χ1v) is 24.0. The van der Waals surface area contributed by atoms with Crippen LogP contribution in [0.25, 0.3) is 0 Å². The molecule has 4 aromatic rings. The second kappa shape index (κ2) is 28.0. The number of thioether (sulfide) groups is 2. The lowest BCUT2D eigenvalue weighted by molar-refractivity contribution is -0.129. The fraction of sp³-hybridized carbons (Fsp3) is 0.362. The summed E-state index contributed by atoms with van der Waals surface area (Å²) in [5.74, 6) is -1.30. The van der Waals surface area contributed by atoms with E-state index in [1.54, 1.807) is 75.4 Å². The highest BCUT2D eigenvalue weighted by Crippen LogP contribution is 2.43. The van der Waals surface area contributed by atoms with Crippen LogP contribution in [-0.4, -0.2) is 102 Å². The number of hydrogen-bond acceptors (Lipinski definition) is 14. The molecular weight excluding hydrogens is 948 g/mol. The number of rotatable bonds is 18. The standard InChI is InChI=1S/2C23H26N2O6S.CH2Cl2/c2*1-3-31-23(28)16-9-12-19-18(13-16)25(14-21(26)24-29)22(27)20(32-19)6-4-5-15-7-10-17(30-2)11-8-15;2-1-3/h2*7-13,20,29H,3-6,14H2,1-2H3,(H,24,26);1H2/t20-;;/m1../s1. The molecule has 4 aromatic carbocycles. The first kappa shape index (κ1) is 54.1. The number of aryl methyl sites for hydroxylation is 2. The molecule has 4 N–H and O–H groups in total. The van der Waals surface area contributed by atoms with Crippen LogP contribution in [0.5, 0.6) is 11.5 Å². The Morgan fingerprint density at radius 1 is 0.612 bits per heavy atom. The summed E-state index contributed by atoms with van der Waals surface area (Å²) in [5.41, 5.74) is 6.95. The number of methoxy groups -OCH3 is 2. The molecule has 6 rings (SSSR count). The molecule has 0 fully saturated rings. The zero-order valence-corrected chi connectivity index (χ0v) is 40.6. The van der Waals surface area contributed by atoms with Crippen molar-refractivity contribution < 1.29 is 58.1 Å². The highest BCUT2D eigenvalue weighted by molar-refractivity contribution is 8.01. The van der Waals surface area contributed by atoms with Crippen LogP contribution in [0.2, 0.25) is 0 Å². The van der Waals surface area contributed by atoms with Gasteiger partial charge in [-0.15, -0.1) is 46.7 Å². The number of nitrogens with one attached hydrogen (secondary N) is 2. The summed E-state index contributed by atoms with van der Waals surface area (Å²) in [5, 5.41) is 17.4. The number of anilines is 2. The van der Waals surface area contributed by atoms with E-state index < -0.39 is 23.8 Å². The van der Waals surface area contributed by atoms with Crippen LogP contribution >= 0.6 is 46.7 Å². The van der Waals surface area contributed by atoms with E-state index in [9.17, 15) is 28.8 Å². The summed E-state index contributed by atoms with van der Waals surface area (Å²) >= 11 is 12.4. The summed E-state index contributed by atoms with van der Waals surface area (Å²) in [6.45, 7) is 3.20. The van der Waals surface area contributed by atoms with Gasteiger partial charge in [0.25, 0.3) is 11.8 Å². The summed E-state index contributed by atoms with van der Waals surface area (Å²) in [7, 11) is 3.24. The lowest BCUT2D eigenvalue weighted by Gasteiger charge is -2.33. The lowest BCUT2D eigenvalue weighted by Crippen LogP contribution is -2.46. The fourth-order valence-corrected chi connectivity index (χ4v) is 9.46. The van der Waals surface area contributed by atoms with Gasteiger partial charge < -0.3 is 28.7 Å². The maximum Gasteiger partial charge on any atom is 0.338 e. The SMILES string of the molecule is CCOC(=O)c1ccc2c(c1)N(CC(=O)NO)C(=O)C(CCCc1ccc(OC)cc1)S2.CCOC(=O)c1ccc2c(c1)N(CC(=O)NO)C(=O)[C@@H](CCCc1ccc(OC)cc1)S2.ClCCl. The van der Waals surface area contributed by atoms with Crippen molar-refractivity contribution in [2.75, 3.05) is 55.7 Å². The number of halogens is 2. The molecule has 4 amide bonds. The average molecular weight is 1000 g/mol. The number of carbonyl (C=O) groups is 6. The maximum absolute atomic E-state index is 13.2. The van der Waals surface area contributed by atoms with E-state index in [2.05, 4.69) is 0 Å². The molecule has 67 heavy (non-hydrogen) atoms. The summed E-state index contributed by atoms with van der Waals surface area (Å²) < 4.78 is 20.4. The van der Waals surface area contributed by atoms with Gasteiger partial charge in [-0.25, -0.2) is 20.5 Å². The van der Waals surface area contributed by atoms with Crippen molar-refractivity contribution in [3.63, 3.8) is 0 Å². The highest BCUT2D eigenvalue weighted by Gasteiger charge is 2.36. The van der Waals surface area contributed by atoms with Crippen molar-refractivity contribution in [2.24, 2.45) is 0 Å². The number of fused-ring (bicyclic) bond motifs is 2. The Bertz CT molecular complexity index is 2150. The number of amides is 4. The summed E-state index contributed by atoms with van der Waals surface area (Å²) in [6.07, 6.45) is 4.41. The van der Waals surface area contributed by atoms with E-state index in [4.69, 9.17) is 52.6 Å². The first-order valence-electron chi connectivity index (χ1n) is 21.2. The number of hydrogen-bond donors (Lipinski definition) is 4. The van der Waals surface area contributed by atoms with Gasteiger partial charge in [0.1, 0.15) is 24.6 Å². The number of esters is 2. The average Bonchev–Trinajstić information content (AvgIpc) is 3.34. The molecule has 2 aliphatic heterocycles. The molecule has 16 nitrogen and oxygen atoms in total. The number of ether oxygens (including phenoxy) is 4. The molecule has 0 aromatic heterocycles. The zero-order valence-electron chi connectivity index (χ0n) is 37.5. The van der Waals surface area contributed by atoms with Crippen molar-refractivity contribution in [1.29, 1.82) is 0 Å². The van der Waals surface area contributed by atoms with Gasteiger partial charge in [-0.3, -0.25) is 29.6 Å². The molecule has 2 heterocycles. The summed E-state index contributed by atoms with van der Waals surface area (Å²) in [6, 6.07) is 25.5. The topological polar surface area (TPSA) is 210 Å². The number of hydroxylamine groups is 2. The van der Waals surface area contributed by atoms with Crippen molar-refractivity contribution in [3.8, 4) is 11.5 Å². The summed E-state index contributed by atoms with van der Waals surface area (Å²) in [4.78, 5) is 78.5. The maximum atomic E-state index is 13.2. The van der Waals surface area contributed by atoms with E-state index in [-0.39, 0.29) is 54.0 Å². The zero-order chi connectivity index (χ0) is 48.9. The van der Waals surface area contributed by atoms with Crippen molar-refractivity contribution >= 4 is 93.7 Å². The Labute approximate surface area is 407 Å². The van der Waals surface area contributed by atoms with Crippen molar-refractivity contribution in [3.05, 3.63) is 107 Å². The van der Waals surface area contributed by atoms with Gasteiger partial charge in [0.05, 0.1) is 65.8 Å². The highest BCUT2D eigenvalue weighted by atomic mass is 35.5. The fourth-order valence-electron chi connectivity index (χ4n) is 6.95. The molecule has 2 atom stereocenters. The molecule has 20 heteroatoms. The number of nitrogens with zero attached hydrogens (tertiary/aromatic N) is 2. The van der Waals surface area contributed by atoms with Crippen LogP contribution in [0.1, 0.15) is 71.4 Å². The molecule has 0 aliphatic carbocycles. The van der Waals surface area contributed by atoms with E-state index in [0.717, 1.165) is 58.1 Å². The molecule has 0 radical (unpaired) electrons. The van der Waals surface area contributed by atoms with E-state index in [1.807, 2.05) is 48.5 Å². The normalized spacial score (nSPS) is 14.7. The predicted molar refractivity (Wildman–Crippen MR) is 257 cm³/mol. The van der Waals surface area contributed by atoms with Crippen molar-refractivity contribution in [2.45, 2.75) is 72.7 Å². The second-order valence-electron chi connectivity index (χ2n) is 14.5. The quantitative estimate of drug-likeness (QED) is 0.0324. The Hall–Kier alpha value is -5.50. The molecule has 1 unspecified atom stereocenters. The molecule has 360 valence electrons. The van der Waals surface area contributed by atoms with E-state index in [0.29, 0.717) is 35.3 Å². The van der Waals surface area contributed by atoms with Crippen LogP contribution < -0.4 is 30.2 Å². The monoisotopic (exact) mass is 1000 g/mol. The molecule has 0 saturated carbocycles. The molecule has 0 bridgehead atoms. The predicted octanol–water partition coefficient (Wildman–Crippen LogP) is 7.84. The van der Waals surface area contributed by atoms with Gasteiger partial charge >= 0.3 is 11.9 Å². The minimum absolute atomic E-state index is 0.194. The third-order valence-electron chi connectivity index (χ3n) is 10.2. The second-order valence-corrected chi connectivity index (χ2v) is 17.8. The van der Waals surface area contributed by atoms with Gasteiger partial charge in [-0.05, 0) is 124 Å². The van der Waals surface area contributed by atoms with E-state index >= 15 is 0 Å². The third-order valence-corrected chi connectivity index (χ3v) is 12.8. The number of carbonyl (C=O) groups excluding carboxylic acids is 6. The van der Waals surface area contributed by atoms with Crippen LogP contribution in [0.4, 0.5) is 11.4 Å². The number of alkyl halides is 2. The van der Waals surface area contributed by atoms with Gasteiger partial charge in [-0.2, -0.15) is 0 Å². The molecule has 2 aliphatic rings. The van der Waals surface area contributed by atoms with Gasteiger partial charge in [-0.1, -0.05) is 24.3 Å². The minimum atomic E-state index is -0.713. The van der Waals surface area contributed by atoms with Gasteiger partial charge in [0.2, 0.25) is 11.8 Å². The lowest BCUT2D eigenvalue weighted by atomic mass is 10.1. The molecule has 0 saturated heterocycles. The van der Waals surface area contributed by atoms with Gasteiger partial charge in [0.15, 0.2) is 0 Å². The van der Waals surface area contributed by atoms with E-state index in [1.165, 1.54) is 33.3 Å². The van der Waals surface area contributed by atoms with Crippen LogP contribution in [0.3, 0.4) is 0 Å². The Balaban J connectivity index is 0.000000276. The van der Waals surface area contributed by atoms with Gasteiger partial charge in [0, 0.05) is 9.79 Å². The van der Waals surface area contributed by atoms with Crippen molar-refractivity contribution in [1.82, 2.24) is 11.0 Å². The Kier molecular flexibility index (Phi) is 22.6. The Morgan fingerprint density at radius 3 is 1.28 bits per heavy atom. The molecular formula is C47H54Cl2N4O12S2. The largest absolute Gasteiger partial charge is 0.497 e. The van der Waals surface area contributed by atoms with Crippen LogP contribution in [0, 0.1) is 0 Å². The first-order chi connectivity index (χ1) is 32.3. The number of benzene rings is 4. The smallest absolute Gasteiger partial charge is 0.338 e. The Morgan fingerprint density at radius 2 is 0.970 bits per heavy atom. The van der Waals surface area contributed by atoms with Crippen LogP contribution in [0.15, 0.2) is 94.7 Å². The van der Waals surface area contributed by atoms with Crippen LogP contribution in [-0.2, 0) is 41.5 Å². The third kappa shape index (κ3) is 15.8.